The van der Waals surface area contributed by atoms with Crippen molar-refractivity contribution in [1.82, 2.24) is 4.90 Å². The van der Waals surface area contributed by atoms with Crippen LogP contribution in [-0.4, -0.2) is 24.0 Å². The van der Waals surface area contributed by atoms with Crippen molar-refractivity contribution in [3.63, 3.8) is 0 Å². The van der Waals surface area contributed by atoms with E-state index in [1.165, 1.54) is 45.2 Å². The van der Waals surface area contributed by atoms with Crippen molar-refractivity contribution in [2.24, 2.45) is 5.92 Å². The van der Waals surface area contributed by atoms with Crippen LogP contribution in [0.3, 0.4) is 0 Å². The number of hydrogen-bond donors (Lipinski definition) is 0. The second kappa shape index (κ2) is 4.79. The van der Waals surface area contributed by atoms with Crippen LogP contribution in [-0.2, 0) is 0 Å². The Kier molecular flexibility index (Phi) is 3.42. The quantitative estimate of drug-likeness (QED) is 0.638. The van der Waals surface area contributed by atoms with Crippen molar-refractivity contribution in [1.29, 1.82) is 5.26 Å². The van der Waals surface area contributed by atoms with Crippen LogP contribution in [0.2, 0.25) is 0 Å². The molecule has 0 aromatic heterocycles. The molecule has 0 radical (unpaired) electrons. The molecule has 14 heavy (non-hydrogen) atoms. The Morgan fingerprint density at radius 2 is 1.57 bits per heavy atom. The van der Waals surface area contributed by atoms with Crippen LogP contribution in [0.25, 0.3) is 0 Å². The number of rotatable bonds is 1. The Morgan fingerprint density at radius 1 is 0.929 bits per heavy atom. The van der Waals surface area contributed by atoms with Crippen molar-refractivity contribution >= 4 is 0 Å². The van der Waals surface area contributed by atoms with Gasteiger partial charge in [0.05, 0.1) is 6.07 Å². The summed E-state index contributed by atoms with van der Waals surface area (Å²) in [5.74, 6) is 0.357. The first kappa shape index (κ1) is 9.98. The molecule has 78 valence electrons. The molecule has 2 rings (SSSR count). The summed E-state index contributed by atoms with van der Waals surface area (Å²) in [5.41, 5.74) is 0. The molecule has 2 nitrogen and oxygen atoms in total. The van der Waals surface area contributed by atoms with E-state index in [9.17, 15) is 0 Å². The third kappa shape index (κ3) is 2.27. The monoisotopic (exact) mass is 192 g/mol. The molecule has 0 N–H and O–H groups in total. The SMILES string of the molecule is N#CC1CCC(N2CCCCC2)CC1. The third-order valence-corrected chi connectivity index (χ3v) is 3.79. The van der Waals surface area contributed by atoms with Crippen molar-refractivity contribution in [3.8, 4) is 6.07 Å². The molecule has 0 spiro atoms. The molecule has 1 saturated carbocycles. The summed E-state index contributed by atoms with van der Waals surface area (Å²) in [5, 5.41) is 8.82. The van der Waals surface area contributed by atoms with E-state index in [2.05, 4.69) is 11.0 Å². The first-order chi connectivity index (χ1) is 6.90. The number of nitrogens with zero attached hydrogens (tertiary/aromatic N) is 2. The Morgan fingerprint density at radius 3 is 2.14 bits per heavy atom. The van der Waals surface area contributed by atoms with Crippen molar-refractivity contribution < 1.29 is 0 Å². The highest BCUT2D eigenvalue weighted by molar-refractivity contribution is 4.90. The molecule has 1 aliphatic heterocycles. The molecule has 0 bridgehead atoms. The van der Waals surface area contributed by atoms with Gasteiger partial charge < -0.3 is 4.90 Å². The van der Waals surface area contributed by atoms with E-state index in [-0.39, 0.29) is 0 Å². The fourth-order valence-electron chi connectivity index (χ4n) is 2.85. The first-order valence-corrected chi connectivity index (χ1v) is 6.04. The standard InChI is InChI=1S/C12H20N2/c13-10-11-4-6-12(7-5-11)14-8-2-1-3-9-14/h11-12H,1-9H2. The molecule has 1 saturated heterocycles. The molecule has 0 aromatic carbocycles. The number of likely N-dealkylation sites (tertiary alicyclic amines) is 1. The molecule has 1 heterocycles. The largest absolute Gasteiger partial charge is 0.300 e. The summed E-state index contributed by atoms with van der Waals surface area (Å²) in [6, 6.07) is 3.21. The molecule has 2 heteroatoms. The summed E-state index contributed by atoms with van der Waals surface area (Å²) in [4.78, 5) is 2.66. The van der Waals surface area contributed by atoms with Gasteiger partial charge in [0.2, 0.25) is 0 Å². The third-order valence-electron chi connectivity index (χ3n) is 3.79. The minimum atomic E-state index is 0.357. The molecule has 0 amide bonds. The van der Waals surface area contributed by atoms with E-state index in [4.69, 9.17) is 5.26 Å². The Hall–Kier alpha value is -0.550. The van der Waals surface area contributed by atoms with Gasteiger partial charge >= 0.3 is 0 Å². The maximum atomic E-state index is 8.82. The topological polar surface area (TPSA) is 27.0 Å². The maximum absolute atomic E-state index is 8.82. The van der Waals surface area contributed by atoms with E-state index >= 15 is 0 Å². The molecule has 0 aromatic rings. The highest BCUT2D eigenvalue weighted by Crippen LogP contribution is 2.28. The zero-order chi connectivity index (χ0) is 9.80. The average Bonchev–Trinajstić information content (AvgIpc) is 2.30. The van der Waals surface area contributed by atoms with E-state index < -0.39 is 0 Å². The molecular formula is C12H20N2. The molecule has 2 aliphatic rings. The van der Waals surface area contributed by atoms with E-state index in [0.29, 0.717) is 5.92 Å². The molecule has 2 fully saturated rings. The minimum Gasteiger partial charge on any atom is -0.300 e. The van der Waals surface area contributed by atoms with Crippen molar-refractivity contribution in [3.05, 3.63) is 0 Å². The molecule has 1 aliphatic carbocycles. The highest BCUT2D eigenvalue weighted by Gasteiger charge is 2.26. The second-order valence-corrected chi connectivity index (χ2v) is 4.73. The van der Waals surface area contributed by atoms with Gasteiger partial charge in [-0.2, -0.15) is 5.26 Å². The van der Waals surface area contributed by atoms with Crippen molar-refractivity contribution in [2.45, 2.75) is 51.0 Å². The smallest absolute Gasteiger partial charge is 0.0655 e. The van der Waals surface area contributed by atoms with Gasteiger partial charge in [0, 0.05) is 12.0 Å². The van der Waals surface area contributed by atoms with Crippen molar-refractivity contribution in [2.75, 3.05) is 13.1 Å². The number of nitriles is 1. The average molecular weight is 192 g/mol. The van der Waals surface area contributed by atoms with Gasteiger partial charge in [-0.3, -0.25) is 0 Å². The molecule has 0 atom stereocenters. The lowest BCUT2D eigenvalue weighted by Crippen LogP contribution is -2.41. The van der Waals surface area contributed by atoms with Gasteiger partial charge in [0.15, 0.2) is 0 Å². The van der Waals surface area contributed by atoms with Crippen LogP contribution in [0.1, 0.15) is 44.9 Å². The first-order valence-electron chi connectivity index (χ1n) is 6.04. The molecular weight excluding hydrogens is 172 g/mol. The predicted octanol–water partition coefficient (Wildman–Crippen LogP) is 2.55. The van der Waals surface area contributed by atoms with Gasteiger partial charge in [-0.25, -0.2) is 0 Å². The lowest BCUT2D eigenvalue weighted by atomic mass is 9.85. The molecule has 0 unspecified atom stereocenters. The van der Waals surface area contributed by atoms with Gasteiger partial charge in [-0.05, 0) is 51.6 Å². The van der Waals surface area contributed by atoms with Crippen LogP contribution >= 0.6 is 0 Å². The normalized spacial score (nSPS) is 35.1. The van der Waals surface area contributed by atoms with E-state index in [1.807, 2.05) is 0 Å². The number of hydrogen-bond acceptors (Lipinski definition) is 2. The van der Waals surface area contributed by atoms with Crippen LogP contribution < -0.4 is 0 Å². The van der Waals surface area contributed by atoms with Gasteiger partial charge in [-0.15, -0.1) is 0 Å². The van der Waals surface area contributed by atoms with Crippen LogP contribution in [0, 0.1) is 17.2 Å². The zero-order valence-electron chi connectivity index (χ0n) is 8.91. The summed E-state index contributed by atoms with van der Waals surface area (Å²) in [6.45, 7) is 2.61. The Balaban J connectivity index is 1.79. The Bertz CT molecular complexity index is 205. The highest BCUT2D eigenvalue weighted by atomic mass is 15.2. The van der Waals surface area contributed by atoms with Gasteiger partial charge in [0.1, 0.15) is 0 Å². The van der Waals surface area contributed by atoms with Crippen LogP contribution in [0.4, 0.5) is 0 Å². The predicted molar refractivity (Wildman–Crippen MR) is 56.8 cm³/mol. The fraction of sp³-hybridized carbons (Fsp3) is 0.917. The lowest BCUT2D eigenvalue weighted by Gasteiger charge is -2.37. The number of piperidine rings is 1. The van der Waals surface area contributed by atoms with Gasteiger partial charge in [0.25, 0.3) is 0 Å². The lowest BCUT2D eigenvalue weighted by molar-refractivity contribution is 0.122. The summed E-state index contributed by atoms with van der Waals surface area (Å²) in [7, 11) is 0. The summed E-state index contributed by atoms with van der Waals surface area (Å²) in [6.07, 6.45) is 8.99. The maximum Gasteiger partial charge on any atom is 0.0655 e. The van der Waals surface area contributed by atoms with E-state index in [1.54, 1.807) is 0 Å². The Labute approximate surface area is 86.9 Å². The van der Waals surface area contributed by atoms with Crippen LogP contribution in [0.5, 0.6) is 0 Å². The summed E-state index contributed by atoms with van der Waals surface area (Å²) >= 11 is 0. The van der Waals surface area contributed by atoms with E-state index in [0.717, 1.165) is 18.9 Å². The summed E-state index contributed by atoms with van der Waals surface area (Å²) < 4.78 is 0. The fourth-order valence-corrected chi connectivity index (χ4v) is 2.85. The second-order valence-electron chi connectivity index (χ2n) is 4.73. The zero-order valence-corrected chi connectivity index (χ0v) is 8.91. The van der Waals surface area contributed by atoms with Crippen LogP contribution in [0.15, 0.2) is 0 Å². The minimum absolute atomic E-state index is 0.357. The van der Waals surface area contributed by atoms with Gasteiger partial charge in [-0.1, -0.05) is 6.42 Å².